The highest BCUT2D eigenvalue weighted by Crippen LogP contribution is 2.31. The van der Waals surface area contributed by atoms with Crippen LogP contribution in [0.2, 0.25) is 0 Å². The summed E-state index contributed by atoms with van der Waals surface area (Å²) in [5.41, 5.74) is 0.225. The van der Waals surface area contributed by atoms with Gasteiger partial charge in [-0.3, -0.25) is 0 Å². The van der Waals surface area contributed by atoms with Gasteiger partial charge in [0.15, 0.2) is 0 Å². The van der Waals surface area contributed by atoms with E-state index in [4.69, 9.17) is 5.11 Å². The summed E-state index contributed by atoms with van der Waals surface area (Å²) in [6.45, 7) is 3.94. The highest BCUT2D eigenvalue weighted by molar-refractivity contribution is 5.49. The predicted molar refractivity (Wildman–Crippen MR) is 81.0 cm³/mol. The summed E-state index contributed by atoms with van der Waals surface area (Å²) >= 11 is 0. The number of hydrogen-bond acceptors (Lipinski definition) is 3. The van der Waals surface area contributed by atoms with Crippen molar-refractivity contribution in [3.05, 3.63) is 29.8 Å². The molecule has 1 fully saturated rings. The summed E-state index contributed by atoms with van der Waals surface area (Å²) in [4.78, 5) is 2.11. The highest BCUT2D eigenvalue weighted by atomic mass is 19.4. The van der Waals surface area contributed by atoms with E-state index in [2.05, 4.69) is 17.1 Å². The summed E-state index contributed by atoms with van der Waals surface area (Å²) in [6, 6.07) is 6.04. The van der Waals surface area contributed by atoms with Crippen LogP contribution in [0.15, 0.2) is 24.3 Å². The third-order valence-electron chi connectivity index (χ3n) is 4.06. The summed E-state index contributed by atoms with van der Waals surface area (Å²) in [5, 5.41) is 12.3. The first-order chi connectivity index (χ1) is 10.4. The van der Waals surface area contributed by atoms with Crippen molar-refractivity contribution in [1.82, 2.24) is 5.32 Å². The van der Waals surface area contributed by atoms with E-state index in [9.17, 15) is 13.2 Å². The van der Waals surface area contributed by atoms with Crippen LogP contribution in [-0.4, -0.2) is 36.9 Å². The smallest absolute Gasteiger partial charge is 0.396 e. The molecule has 124 valence electrons. The fourth-order valence-electron chi connectivity index (χ4n) is 2.88. The summed E-state index contributed by atoms with van der Waals surface area (Å²) in [6.07, 6.45) is -1.60. The average molecular weight is 316 g/mol. The van der Waals surface area contributed by atoms with Gasteiger partial charge in [0.2, 0.25) is 0 Å². The lowest BCUT2D eigenvalue weighted by Crippen LogP contribution is -2.38. The molecule has 0 saturated carbocycles. The zero-order valence-corrected chi connectivity index (χ0v) is 12.7. The molecular formula is C16H23F3N2O. The second kappa shape index (κ2) is 7.33. The zero-order valence-electron chi connectivity index (χ0n) is 12.7. The van der Waals surface area contributed by atoms with Crippen LogP contribution in [0.4, 0.5) is 18.9 Å². The standard InChI is InChI=1S/C16H23F3N2O/c1-12(3-2-10-22)20-14-8-9-21(11-14)15-6-4-13(5-7-15)16(17,18)19/h4-7,12,14,20,22H,2-3,8-11H2,1H3. The number of aliphatic hydroxyl groups is 1. The van der Waals surface area contributed by atoms with E-state index in [0.29, 0.717) is 12.1 Å². The monoisotopic (exact) mass is 316 g/mol. The van der Waals surface area contributed by atoms with Crippen molar-refractivity contribution in [1.29, 1.82) is 0 Å². The molecule has 2 unspecified atom stereocenters. The fourth-order valence-corrected chi connectivity index (χ4v) is 2.88. The Morgan fingerprint density at radius 2 is 2.00 bits per heavy atom. The molecule has 1 saturated heterocycles. The molecule has 1 aromatic carbocycles. The van der Waals surface area contributed by atoms with Crippen LogP contribution in [0, 0.1) is 0 Å². The molecule has 6 heteroatoms. The largest absolute Gasteiger partial charge is 0.416 e. The first-order valence-electron chi connectivity index (χ1n) is 7.69. The maximum absolute atomic E-state index is 12.6. The summed E-state index contributed by atoms with van der Waals surface area (Å²) in [5.74, 6) is 0. The zero-order chi connectivity index (χ0) is 16.2. The lowest BCUT2D eigenvalue weighted by Gasteiger charge is -2.22. The van der Waals surface area contributed by atoms with Crippen molar-refractivity contribution >= 4 is 5.69 Å². The Morgan fingerprint density at radius 1 is 1.32 bits per heavy atom. The van der Waals surface area contributed by atoms with Gasteiger partial charge >= 0.3 is 6.18 Å². The van der Waals surface area contributed by atoms with E-state index in [1.165, 1.54) is 0 Å². The molecule has 2 N–H and O–H groups in total. The van der Waals surface area contributed by atoms with Crippen molar-refractivity contribution in [2.45, 2.75) is 44.4 Å². The van der Waals surface area contributed by atoms with Gasteiger partial charge in [-0.25, -0.2) is 0 Å². The van der Waals surface area contributed by atoms with Gasteiger partial charge in [-0.2, -0.15) is 13.2 Å². The van der Waals surface area contributed by atoms with Gasteiger partial charge in [0, 0.05) is 37.5 Å². The van der Waals surface area contributed by atoms with Crippen LogP contribution >= 0.6 is 0 Å². The molecule has 22 heavy (non-hydrogen) atoms. The van der Waals surface area contributed by atoms with E-state index in [0.717, 1.165) is 50.2 Å². The predicted octanol–water partition coefficient (Wildman–Crippen LogP) is 3.03. The minimum absolute atomic E-state index is 0.203. The highest BCUT2D eigenvalue weighted by Gasteiger charge is 2.30. The molecule has 1 aliphatic heterocycles. The Hall–Kier alpha value is -1.27. The van der Waals surface area contributed by atoms with Crippen LogP contribution in [0.1, 0.15) is 31.7 Å². The lowest BCUT2D eigenvalue weighted by molar-refractivity contribution is -0.137. The molecule has 2 rings (SSSR count). The quantitative estimate of drug-likeness (QED) is 0.847. The van der Waals surface area contributed by atoms with Gasteiger partial charge in [0.05, 0.1) is 5.56 Å². The summed E-state index contributed by atoms with van der Waals surface area (Å²) < 4.78 is 37.7. The second-order valence-corrected chi connectivity index (χ2v) is 5.91. The van der Waals surface area contributed by atoms with Crippen LogP contribution in [-0.2, 0) is 6.18 Å². The second-order valence-electron chi connectivity index (χ2n) is 5.91. The van der Waals surface area contributed by atoms with E-state index >= 15 is 0 Å². The normalized spacial score (nSPS) is 20.4. The number of nitrogens with one attached hydrogen (secondary N) is 1. The van der Waals surface area contributed by atoms with Crippen molar-refractivity contribution in [3.63, 3.8) is 0 Å². The summed E-state index contributed by atoms with van der Waals surface area (Å²) in [7, 11) is 0. The first-order valence-corrected chi connectivity index (χ1v) is 7.69. The van der Waals surface area contributed by atoms with Gasteiger partial charge in [-0.05, 0) is 50.5 Å². The number of aliphatic hydroxyl groups excluding tert-OH is 1. The number of rotatable bonds is 6. The van der Waals surface area contributed by atoms with Crippen molar-refractivity contribution in [2.24, 2.45) is 0 Å². The SMILES string of the molecule is CC(CCCO)NC1CCN(c2ccc(C(F)(F)F)cc2)C1. The molecule has 0 aliphatic carbocycles. The topological polar surface area (TPSA) is 35.5 Å². The van der Waals surface area contributed by atoms with Gasteiger partial charge in [-0.15, -0.1) is 0 Å². The number of hydrogen-bond donors (Lipinski definition) is 2. The molecule has 1 heterocycles. The Kier molecular flexibility index (Phi) is 5.69. The van der Waals surface area contributed by atoms with Crippen molar-refractivity contribution in [3.8, 4) is 0 Å². The Balaban J connectivity index is 1.87. The molecule has 1 aromatic rings. The van der Waals surface area contributed by atoms with E-state index in [-0.39, 0.29) is 6.61 Å². The minimum atomic E-state index is -4.28. The molecule has 0 amide bonds. The molecule has 0 spiro atoms. The van der Waals surface area contributed by atoms with E-state index < -0.39 is 11.7 Å². The molecular weight excluding hydrogens is 293 g/mol. The third kappa shape index (κ3) is 4.61. The van der Waals surface area contributed by atoms with Crippen LogP contribution in [0.25, 0.3) is 0 Å². The Bertz CT molecular complexity index is 461. The number of alkyl halides is 3. The van der Waals surface area contributed by atoms with E-state index in [1.807, 2.05) is 0 Å². The number of anilines is 1. The number of halogens is 3. The van der Waals surface area contributed by atoms with Crippen LogP contribution < -0.4 is 10.2 Å². The van der Waals surface area contributed by atoms with Gasteiger partial charge in [-0.1, -0.05) is 0 Å². The molecule has 0 aromatic heterocycles. The lowest BCUT2D eigenvalue weighted by atomic mass is 10.1. The van der Waals surface area contributed by atoms with Crippen LogP contribution in [0.5, 0.6) is 0 Å². The maximum atomic E-state index is 12.6. The Labute approximate surface area is 129 Å². The molecule has 3 nitrogen and oxygen atoms in total. The molecule has 0 radical (unpaired) electrons. The van der Waals surface area contributed by atoms with Gasteiger partial charge in [0.25, 0.3) is 0 Å². The van der Waals surface area contributed by atoms with Gasteiger partial charge in [0.1, 0.15) is 0 Å². The first kappa shape index (κ1) is 17.1. The number of benzene rings is 1. The third-order valence-corrected chi connectivity index (χ3v) is 4.06. The van der Waals surface area contributed by atoms with Crippen molar-refractivity contribution < 1.29 is 18.3 Å². The molecule has 0 bridgehead atoms. The fraction of sp³-hybridized carbons (Fsp3) is 0.625. The van der Waals surface area contributed by atoms with Crippen molar-refractivity contribution in [2.75, 3.05) is 24.6 Å². The van der Waals surface area contributed by atoms with Crippen LogP contribution in [0.3, 0.4) is 0 Å². The minimum Gasteiger partial charge on any atom is -0.396 e. The average Bonchev–Trinajstić information content (AvgIpc) is 2.93. The molecule has 1 aliphatic rings. The Morgan fingerprint density at radius 3 is 2.59 bits per heavy atom. The van der Waals surface area contributed by atoms with E-state index in [1.54, 1.807) is 12.1 Å². The number of nitrogens with zero attached hydrogens (tertiary/aromatic N) is 1. The molecule has 2 atom stereocenters. The maximum Gasteiger partial charge on any atom is 0.416 e. The van der Waals surface area contributed by atoms with Gasteiger partial charge < -0.3 is 15.3 Å².